The van der Waals surface area contributed by atoms with Crippen LogP contribution in [0.25, 0.3) is 0 Å². The van der Waals surface area contributed by atoms with Crippen molar-refractivity contribution in [1.82, 2.24) is 10.2 Å². The molecular weight excluding hydrogens is 480 g/mol. The summed E-state index contributed by atoms with van der Waals surface area (Å²) >= 11 is 0. The molecule has 38 heavy (non-hydrogen) atoms. The van der Waals surface area contributed by atoms with Crippen molar-refractivity contribution >= 4 is 5.91 Å². The van der Waals surface area contributed by atoms with E-state index in [4.69, 9.17) is 18.9 Å². The molecule has 0 unspecified atom stereocenters. The van der Waals surface area contributed by atoms with Crippen LogP contribution in [-0.2, 0) is 20.7 Å². The number of hydrogen-bond donors (Lipinski definition) is 1. The van der Waals surface area contributed by atoms with Crippen LogP contribution in [0.3, 0.4) is 0 Å². The molecule has 0 saturated carbocycles. The first-order valence-corrected chi connectivity index (χ1v) is 14.7. The zero-order valence-electron chi connectivity index (χ0n) is 25.0. The highest BCUT2D eigenvalue weighted by atomic mass is 16.5. The Labute approximate surface area is 231 Å². The van der Waals surface area contributed by atoms with Gasteiger partial charge in [0.15, 0.2) is 11.5 Å². The molecule has 0 radical (unpaired) electrons. The van der Waals surface area contributed by atoms with E-state index in [-0.39, 0.29) is 11.3 Å². The van der Waals surface area contributed by atoms with E-state index in [1.165, 1.54) is 5.56 Å². The summed E-state index contributed by atoms with van der Waals surface area (Å²) in [5.74, 6) is 2.40. The van der Waals surface area contributed by atoms with E-state index in [1.54, 1.807) is 14.2 Å². The lowest BCUT2D eigenvalue weighted by Gasteiger charge is -2.40. The van der Waals surface area contributed by atoms with E-state index in [0.717, 1.165) is 89.3 Å². The molecular formula is C31H54N2O5. The van der Waals surface area contributed by atoms with Crippen molar-refractivity contribution in [3.05, 3.63) is 23.8 Å². The second-order valence-electron chi connectivity index (χ2n) is 11.2. The first-order valence-electron chi connectivity index (χ1n) is 14.7. The van der Waals surface area contributed by atoms with E-state index >= 15 is 0 Å². The van der Waals surface area contributed by atoms with Crippen molar-refractivity contribution < 1.29 is 23.7 Å². The van der Waals surface area contributed by atoms with E-state index in [0.29, 0.717) is 31.6 Å². The lowest BCUT2D eigenvalue weighted by atomic mass is 9.65. The number of nitrogens with one attached hydrogen (secondary N) is 1. The van der Waals surface area contributed by atoms with E-state index in [2.05, 4.69) is 50.0 Å². The maximum Gasteiger partial charge on any atom is 0.226 e. The number of rotatable bonds is 19. The smallest absolute Gasteiger partial charge is 0.226 e. The third-order valence-corrected chi connectivity index (χ3v) is 8.08. The van der Waals surface area contributed by atoms with E-state index in [9.17, 15) is 4.79 Å². The summed E-state index contributed by atoms with van der Waals surface area (Å²) < 4.78 is 21.9. The van der Waals surface area contributed by atoms with Gasteiger partial charge in [-0.15, -0.1) is 0 Å². The average molecular weight is 535 g/mol. The van der Waals surface area contributed by atoms with Gasteiger partial charge in [-0.05, 0) is 48.8 Å². The Hall–Kier alpha value is -1.83. The van der Waals surface area contributed by atoms with Gasteiger partial charge in [0.2, 0.25) is 5.91 Å². The summed E-state index contributed by atoms with van der Waals surface area (Å²) in [5, 5.41) is 3.29. The summed E-state index contributed by atoms with van der Waals surface area (Å²) in [7, 11) is 3.38. The van der Waals surface area contributed by atoms with Gasteiger partial charge >= 0.3 is 0 Å². The predicted molar refractivity (Wildman–Crippen MR) is 154 cm³/mol. The minimum absolute atomic E-state index is 0.229. The van der Waals surface area contributed by atoms with E-state index < -0.39 is 0 Å². The number of amides is 1. The van der Waals surface area contributed by atoms with Crippen molar-refractivity contribution in [3.63, 3.8) is 0 Å². The molecule has 0 spiro atoms. The lowest BCUT2D eigenvalue weighted by Crippen LogP contribution is -2.50. The minimum atomic E-state index is -0.323. The van der Waals surface area contributed by atoms with Gasteiger partial charge in [0.25, 0.3) is 0 Å². The monoisotopic (exact) mass is 534 g/mol. The summed E-state index contributed by atoms with van der Waals surface area (Å²) in [5.41, 5.74) is 0.946. The molecule has 1 saturated heterocycles. The maximum absolute atomic E-state index is 13.5. The highest BCUT2D eigenvalue weighted by molar-refractivity contribution is 5.83. The van der Waals surface area contributed by atoms with Crippen LogP contribution < -0.4 is 14.8 Å². The second-order valence-corrected chi connectivity index (χ2v) is 11.2. The molecule has 1 aromatic rings. The number of unbranched alkanes of at least 4 members (excludes halogenated alkanes) is 3. The molecule has 1 N–H and O–H groups in total. The number of carbonyl (C=O) groups is 1. The molecule has 7 nitrogen and oxygen atoms in total. The molecule has 1 aliphatic heterocycles. The Morgan fingerprint density at radius 2 is 1.68 bits per heavy atom. The topological polar surface area (TPSA) is 69.3 Å². The summed E-state index contributed by atoms with van der Waals surface area (Å²) in [6.45, 7) is 15.2. The molecule has 2 rings (SSSR count). The molecule has 0 aromatic heterocycles. The Balaban J connectivity index is 1.80. The maximum atomic E-state index is 13.5. The number of carbonyl (C=O) groups excluding carboxylic acids is 1. The third kappa shape index (κ3) is 10.0. The Morgan fingerprint density at radius 3 is 2.34 bits per heavy atom. The van der Waals surface area contributed by atoms with Crippen LogP contribution in [0, 0.1) is 17.3 Å². The van der Waals surface area contributed by atoms with Gasteiger partial charge in [0.05, 0.1) is 32.3 Å². The van der Waals surface area contributed by atoms with Crippen molar-refractivity contribution in [2.24, 2.45) is 17.3 Å². The highest BCUT2D eigenvalue weighted by Gasteiger charge is 2.43. The van der Waals surface area contributed by atoms with Crippen LogP contribution in [0.1, 0.15) is 71.8 Å². The Morgan fingerprint density at radius 1 is 0.974 bits per heavy atom. The molecule has 7 heteroatoms. The zero-order valence-corrected chi connectivity index (χ0v) is 25.0. The first kappa shape index (κ1) is 32.4. The first-order chi connectivity index (χ1) is 18.3. The normalized spacial score (nSPS) is 14.7. The molecule has 1 fully saturated rings. The fourth-order valence-electron chi connectivity index (χ4n) is 5.67. The molecule has 1 aliphatic rings. The molecule has 1 heterocycles. The molecule has 0 bridgehead atoms. The van der Waals surface area contributed by atoms with Crippen molar-refractivity contribution in [1.29, 1.82) is 0 Å². The standard InChI is InChI=1S/C31H54N2O5/c1-25(2)31(26(3)4,30(34)32-16-17-33-18-22-37-23-19-33)15-10-8-7-9-12-27-13-14-28(36-6)29(24-27)38-21-11-20-35-5/h13-14,24-26H,7-12,15-23H2,1-6H3,(H,32,34). The highest BCUT2D eigenvalue weighted by Crippen LogP contribution is 2.41. The third-order valence-electron chi connectivity index (χ3n) is 8.08. The van der Waals surface area contributed by atoms with Crippen LogP contribution in [0.4, 0.5) is 0 Å². The number of benzene rings is 1. The largest absolute Gasteiger partial charge is 0.493 e. The Bertz CT molecular complexity index is 784. The number of methoxy groups -OCH3 is 2. The van der Waals surface area contributed by atoms with E-state index in [1.807, 2.05) is 6.07 Å². The Kier molecular flexibility index (Phi) is 15.1. The van der Waals surface area contributed by atoms with Gasteiger partial charge in [-0.25, -0.2) is 0 Å². The summed E-state index contributed by atoms with van der Waals surface area (Å²) in [4.78, 5) is 15.9. The molecule has 0 aliphatic carbocycles. The van der Waals surface area contributed by atoms with Crippen LogP contribution >= 0.6 is 0 Å². The van der Waals surface area contributed by atoms with Gasteiger partial charge in [-0.2, -0.15) is 0 Å². The molecule has 1 aromatic carbocycles. The van der Waals surface area contributed by atoms with Crippen LogP contribution in [0.2, 0.25) is 0 Å². The fourth-order valence-corrected chi connectivity index (χ4v) is 5.67. The van der Waals surface area contributed by atoms with Gasteiger partial charge in [-0.3, -0.25) is 9.69 Å². The summed E-state index contributed by atoms with van der Waals surface area (Å²) in [6, 6.07) is 6.23. The SMILES string of the molecule is COCCCOc1cc(CCCCCCC(C(=O)NCCN2CCOCC2)(C(C)C)C(C)C)ccc1OC. The number of morpholine rings is 1. The number of aryl methyl sites for hydroxylation is 1. The average Bonchev–Trinajstić information content (AvgIpc) is 2.91. The van der Waals surface area contributed by atoms with Crippen molar-refractivity contribution in [2.75, 3.05) is 66.8 Å². The van der Waals surface area contributed by atoms with Gasteiger partial charge in [0, 0.05) is 46.3 Å². The zero-order chi connectivity index (χ0) is 27.8. The van der Waals surface area contributed by atoms with Crippen LogP contribution in [0.5, 0.6) is 11.5 Å². The predicted octanol–water partition coefficient (Wildman–Crippen LogP) is 5.35. The van der Waals surface area contributed by atoms with Gasteiger partial charge < -0.3 is 24.3 Å². The molecule has 0 atom stereocenters. The van der Waals surface area contributed by atoms with Crippen LogP contribution in [-0.4, -0.2) is 77.6 Å². The molecule has 218 valence electrons. The minimum Gasteiger partial charge on any atom is -0.493 e. The lowest BCUT2D eigenvalue weighted by molar-refractivity contribution is -0.138. The van der Waals surface area contributed by atoms with Gasteiger partial charge in [0.1, 0.15) is 0 Å². The summed E-state index contributed by atoms with van der Waals surface area (Å²) in [6.07, 6.45) is 7.29. The van der Waals surface area contributed by atoms with Crippen LogP contribution in [0.15, 0.2) is 18.2 Å². The van der Waals surface area contributed by atoms with Crippen molar-refractivity contribution in [2.45, 2.75) is 72.6 Å². The number of nitrogens with zero attached hydrogens (tertiary/aromatic N) is 1. The number of ether oxygens (including phenoxy) is 4. The van der Waals surface area contributed by atoms with Gasteiger partial charge in [-0.1, -0.05) is 53.0 Å². The fraction of sp³-hybridized carbons (Fsp3) is 0.774. The molecule has 1 amide bonds. The number of hydrogen-bond acceptors (Lipinski definition) is 6. The van der Waals surface area contributed by atoms with Crippen molar-refractivity contribution in [3.8, 4) is 11.5 Å². The quantitative estimate of drug-likeness (QED) is 0.241. The second kappa shape index (κ2) is 17.7.